The van der Waals surface area contributed by atoms with Gasteiger partial charge in [0.2, 0.25) is 0 Å². The van der Waals surface area contributed by atoms with Gasteiger partial charge in [0.15, 0.2) is 6.10 Å². The van der Waals surface area contributed by atoms with Gasteiger partial charge in [-0.05, 0) is 37.0 Å². The fraction of sp³-hybridized carbons (Fsp3) is 0.933. The zero-order chi connectivity index (χ0) is 37.8. The molecule has 0 heterocycles. The van der Waals surface area contributed by atoms with Gasteiger partial charge in [0.1, 0.15) is 13.2 Å². The third kappa shape index (κ3) is 38.0. The summed E-state index contributed by atoms with van der Waals surface area (Å²) in [6.07, 6.45) is 32.5. The minimum absolute atomic E-state index is 0.0676. The second kappa shape index (κ2) is 36.8. The predicted octanol–water partition coefficient (Wildman–Crippen LogP) is 13.7. The van der Waals surface area contributed by atoms with E-state index in [2.05, 4.69) is 41.5 Å². The van der Waals surface area contributed by atoms with Gasteiger partial charge in [-0.1, -0.05) is 196 Å². The first-order chi connectivity index (χ1) is 24.6. The van der Waals surface area contributed by atoms with Crippen molar-refractivity contribution in [3.8, 4) is 0 Å². The van der Waals surface area contributed by atoms with E-state index < -0.39 is 6.10 Å². The van der Waals surface area contributed by atoms with Gasteiger partial charge in [-0.25, -0.2) is 0 Å². The van der Waals surface area contributed by atoms with Crippen molar-refractivity contribution in [1.29, 1.82) is 0 Å². The highest BCUT2D eigenvalue weighted by Gasteiger charge is 2.19. The Morgan fingerprint density at radius 3 is 1.02 bits per heavy atom. The van der Waals surface area contributed by atoms with Gasteiger partial charge in [-0.2, -0.15) is 0 Å². The third-order valence-electron chi connectivity index (χ3n) is 10.3. The number of esters is 3. The van der Waals surface area contributed by atoms with Crippen LogP contribution in [0.2, 0.25) is 0 Å². The normalized spacial score (nSPS) is 12.7. The molecule has 0 bridgehead atoms. The van der Waals surface area contributed by atoms with Crippen LogP contribution < -0.4 is 0 Å². The molecule has 302 valence electrons. The first-order valence-corrected chi connectivity index (χ1v) is 22.1. The standard InChI is InChI=1S/C45H86O6/c1-7-41(6)33-27-21-16-18-23-29-35-44(47)50-38-42(51-45(48)36-30-24-17-15-20-26-32-40(4)5)37-49-43(46)34-28-22-14-12-10-8-9-11-13-19-25-31-39(2)3/h39-42H,7-38H2,1-6H3/t41?,42-/m1/s1. The van der Waals surface area contributed by atoms with E-state index in [4.69, 9.17) is 14.2 Å². The van der Waals surface area contributed by atoms with E-state index in [1.807, 2.05) is 0 Å². The Hall–Kier alpha value is -1.59. The van der Waals surface area contributed by atoms with E-state index in [9.17, 15) is 14.4 Å². The lowest BCUT2D eigenvalue weighted by molar-refractivity contribution is -0.167. The van der Waals surface area contributed by atoms with Crippen molar-refractivity contribution in [2.24, 2.45) is 17.8 Å². The van der Waals surface area contributed by atoms with Crippen LogP contribution in [0.25, 0.3) is 0 Å². The van der Waals surface area contributed by atoms with Crippen LogP contribution in [0.3, 0.4) is 0 Å². The predicted molar refractivity (Wildman–Crippen MR) is 215 cm³/mol. The minimum atomic E-state index is -0.762. The molecule has 0 amide bonds. The van der Waals surface area contributed by atoms with Gasteiger partial charge in [0, 0.05) is 19.3 Å². The largest absolute Gasteiger partial charge is 0.462 e. The second-order valence-corrected chi connectivity index (χ2v) is 16.5. The monoisotopic (exact) mass is 723 g/mol. The second-order valence-electron chi connectivity index (χ2n) is 16.5. The molecule has 0 aliphatic rings. The van der Waals surface area contributed by atoms with Crippen LogP contribution in [0.1, 0.15) is 234 Å². The van der Waals surface area contributed by atoms with Crippen LogP contribution in [0.4, 0.5) is 0 Å². The van der Waals surface area contributed by atoms with Crippen molar-refractivity contribution in [2.75, 3.05) is 13.2 Å². The molecule has 0 rings (SSSR count). The summed E-state index contributed by atoms with van der Waals surface area (Å²) in [6, 6.07) is 0. The van der Waals surface area contributed by atoms with Gasteiger partial charge in [0.25, 0.3) is 0 Å². The summed E-state index contributed by atoms with van der Waals surface area (Å²) < 4.78 is 16.7. The maximum Gasteiger partial charge on any atom is 0.306 e. The Morgan fingerprint density at radius 1 is 0.392 bits per heavy atom. The number of unbranched alkanes of at least 4 members (excludes halogenated alkanes) is 20. The molecule has 6 nitrogen and oxygen atoms in total. The molecule has 0 spiro atoms. The number of hydrogen-bond donors (Lipinski definition) is 0. The molecular formula is C45H86O6. The van der Waals surface area contributed by atoms with E-state index in [1.165, 1.54) is 116 Å². The van der Waals surface area contributed by atoms with Crippen LogP contribution in [0.15, 0.2) is 0 Å². The number of hydrogen-bond acceptors (Lipinski definition) is 6. The fourth-order valence-electron chi connectivity index (χ4n) is 6.49. The third-order valence-corrected chi connectivity index (χ3v) is 10.3. The fourth-order valence-corrected chi connectivity index (χ4v) is 6.49. The molecule has 0 N–H and O–H groups in total. The highest BCUT2D eigenvalue weighted by atomic mass is 16.6. The summed E-state index contributed by atoms with van der Waals surface area (Å²) in [6.45, 7) is 13.6. The molecule has 1 unspecified atom stereocenters. The number of rotatable bonds is 38. The molecule has 0 radical (unpaired) electrons. The lowest BCUT2D eigenvalue weighted by Crippen LogP contribution is -2.30. The van der Waals surface area contributed by atoms with Gasteiger partial charge in [0.05, 0.1) is 0 Å². The van der Waals surface area contributed by atoms with E-state index in [0.717, 1.165) is 75.5 Å². The summed E-state index contributed by atoms with van der Waals surface area (Å²) in [7, 11) is 0. The molecule has 0 aliphatic carbocycles. The van der Waals surface area contributed by atoms with Gasteiger partial charge < -0.3 is 14.2 Å². The van der Waals surface area contributed by atoms with Crippen LogP contribution in [-0.4, -0.2) is 37.2 Å². The Kier molecular flexibility index (Phi) is 35.6. The number of carbonyl (C=O) groups is 3. The smallest absolute Gasteiger partial charge is 0.306 e. The van der Waals surface area contributed by atoms with Crippen molar-refractivity contribution >= 4 is 17.9 Å². The van der Waals surface area contributed by atoms with Crippen LogP contribution >= 0.6 is 0 Å². The maximum atomic E-state index is 12.6. The maximum absolute atomic E-state index is 12.6. The Labute approximate surface area is 317 Å². The SMILES string of the molecule is CCC(C)CCCCCCCCC(=O)OC[C@@H](COC(=O)CCCCCCCCCCCCCC(C)C)OC(=O)CCCCCCCCC(C)C. The van der Waals surface area contributed by atoms with Crippen LogP contribution in [0.5, 0.6) is 0 Å². The Bertz CT molecular complexity index is 794. The summed E-state index contributed by atoms with van der Waals surface area (Å²) >= 11 is 0. The quantitative estimate of drug-likeness (QED) is 0.0359. The van der Waals surface area contributed by atoms with Crippen molar-refractivity contribution in [2.45, 2.75) is 240 Å². The molecule has 0 saturated heterocycles. The van der Waals surface area contributed by atoms with E-state index in [0.29, 0.717) is 19.3 Å². The molecule has 2 atom stereocenters. The molecule has 0 aromatic heterocycles. The van der Waals surface area contributed by atoms with E-state index in [1.54, 1.807) is 0 Å². The molecule has 0 aromatic rings. The molecule has 0 aliphatic heterocycles. The summed E-state index contributed by atoms with van der Waals surface area (Å²) in [4.78, 5) is 37.6. The molecule has 6 heteroatoms. The molecule has 0 saturated carbocycles. The molecule has 0 aromatic carbocycles. The molecule has 0 fully saturated rings. The average molecular weight is 723 g/mol. The zero-order valence-corrected chi connectivity index (χ0v) is 34.9. The van der Waals surface area contributed by atoms with Gasteiger partial charge in [-0.3, -0.25) is 14.4 Å². The average Bonchev–Trinajstić information content (AvgIpc) is 3.09. The Balaban J connectivity index is 4.32. The minimum Gasteiger partial charge on any atom is -0.462 e. The van der Waals surface area contributed by atoms with Crippen molar-refractivity contribution in [3.63, 3.8) is 0 Å². The van der Waals surface area contributed by atoms with Crippen molar-refractivity contribution in [1.82, 2.24) is 0 Å². The summed E-state index contributed by atoms with van der Waals surface area (Å²) in [5.41, 5.74) is 0. The first-order valence-electron chi connectivity index (χ1n) is 22.1. The molecule has 51 heavy (non-hydrogen) atoms. The lowest BCUT2D eigenvalue weighted by Gasteiger charge is -2.18. The summed E-state index contributed by atoms with van der Waals surface area (Å²) in [5, 5.41) is 0. The lowest BCUT2D eigenvalue weighted by atomic mass is 10.00. The number of carbonyl (C=O) groups excluding carboxylic acids is 3. The van der Waals surface area contributed by atoms with Gasteiger partial charge >= 0.3 is 17.9 Å². The van der Waals surface area contributed by atoms with E-state index in [-0.39, 0.29) is 31.1 Å². The zero-order valence-electron chi connectivity index (χ0n) is 34.9. The van der Waals surface area contributed by atoms with Crippen LogP contribution in [0, 0.1) is 17.8 Å². The Morgan fingerprint density at radius 2 is 0.686 bits per heavy atom. The van der Waals surface area contributed by atoms with Gasteiger partial charge in [-0.15, -0.1) is 0 Å². The van der Waals surface area contributed by atoms with Crippen molar-refractivity contribution in [3.05, 3.63) is 0 Å². The highest BCUT2D eigenvalue weighted by Crippen LogP contribution is 2.17. The van der Waals surface area contributed by atoms with E-state index >= 15 is 0 Å². The molecular weight excluding hydrogens is 636 g/mol. The highest BCUT2D eigenvalue weighted by molar-refractivity contribution is 5.71. The van der Waals surface area contributed by atoms with Crippen LogP contribution in [-0.2, 0) is 28.6 Å². The summed E-state index contributed by atoms with van der Waals surface area (Å²) in [5.74, 6) is 1.53. The first kappa shape index (κ1) is 49.4. The topological polar surface area (TPSA) is 78.9 Å². The van der Waals surface area contributed by atoms with Crippen molar-refractivity contribution < 1.29 is 28.6 Å². The number of ether oxygens (including phenoxy) is 3.